The number of thiophene rings is 1. The molecule has 0 bridgehead atoms. The number of likely N-dealkylation sites (N-methyl/N-ethyl adjacent to an activating group) is 1. The zero-order valence-electron chi connectivity index (χ0n) is 15.8. The number of hydrogen-bond acceptors (Lipinski definition) is 6. The minimum Gasteiger partial charge on any atom is -0.338 e. The van der Waals surface area contributed by atoms with Crippen LogP contribution in [0.4, 0.5) is 4.79 Å². The van der Waals surface area contributed by atoms with Gasteiger partial charge in [-0.3, -0.25) is 4.90 Å². The lowest BCUT2D eigenvalue weighted by Gasteiger charge is -2.37. The molecule has 7 nitrogen and oxygen atoms in total. The molecule has 2 aromatic heterocycles. The Bertz CT molecular complexity index is 962. The minimum absolute atomic E-state index is 0.0440. The molecule has 1 aromatic carbocycles. The SMILES string of the molecule is CN1CCN(C(=O)NCc2cc3ccccc3s2)CC1c1nc(C2CC2)no1. The molecule has 0 radical (unpaired) electrons. The summed E-state index contributed by atoms with van der Waals surface area (Å²) in [6.45, 7) is 2.57. The van der Waals surface area contributed by atoms with Crippen LogP contribution in [0.2, 0.25) is 0 Å². The fourth-order valence-corrected chi connectivity index (χ4v) is 4.62. The lowest BCUT2D eigenvalue weighted by molar-refractivity contribution is 0.0910. The van der Waals surface area contributed by atoms with E-state index in [9.17, 15) is 4.79 Å². The quantitative estimate of drug-likeness (QED) is 0.731. The number of rotatable bonds is 4. The van der Waals surface area contributed by atoms with E-state index in [1.807, 2.05) is 24.1 Å². The smallest absolute Gasteiger partial charge is 0.317 e. The second-order valence-corrected chi connectivity index (χ2v) is 8.79. The fraction of sp³-hybridized carbons (Fsp3) is 0.450. The van der Waals surface area contributed by atoms with Crippen LogP contribution in [0.25, 0.3) is 10.1 Å². The highest BCUT2D eigenvalue weighted by Crippen LogP contribution is 2.38. The van der Waals surface area contributed by atoms with Gasteiger partial charge in [0, 0.05) is 35.1 Å². The van der Waals surface area contributed by atoms with Crippen LogP contribution in [-0.4, -0.2) is 52.7 Å². The number of urea groups is 1. The Morgan fingerprint density at radius 2 is 2.18 bits per heavy atom. The third-order valence-electron chi connectivity index (χ3n) is 5.51. The number of carbonyl (C=O) groups is 1. The molecule has 1 saturated heterocycles. The third kappa shape index (κ3) is 3.49. The summed E-state index contributed by atoms with van der Waals surface area (Å²) >= 11 is 1.72. The molecule has 2 amide bonds. The predicted molar refractivity (Wildman–Crippen MR) is 107 cm³/mol. The second-order valence-electron chi connectivity index (χ2n) is 7.62. The van der Waals surface area contributed by atoms with Gasteiger partial charge < -0.3 is 14.7 Å². The number of amides is 2. The van der Waals surface area contributed by atoms with Crippen molar-refractivity contribution in [2.24, 2.45) is 0 Å². The summed E-state index contributed by atoms with van der Waals surface area (Å²) in [5, 5.41) is 8.41. The van der Waals surface area contributed by atoms with Crippen molar-refractivity contribution in [1.82, 2.24) is 25.3 Å². The molecule has 1 N–H and O–H groups in total. The summed E-state index contributed by atoms with van der Waals surface area (Å²) in [6.07, 6.45) is 2.29. The first-order valence-electron chi connectivity index (χ1n) is 9.71. The highest BCUT2D eigenvalue weighted by molar-refractivity contribution is 7.19. The van der Waals surface area contributed by atoms with Gasteiger partial charge in [0.1, 0.15) is 6.04 Å². The van der Waals surface area contributed by atoms with Gasteiger partial charge in [-0.25, -0.2) is 4.79 Å². The fourth-order valence-electron chi connectivity index (χ4n) is 3.61. The van der Waals surface area contributed by atoms with Crippen molar-refractivity contribution in [3.63, 3.8) is 0 Å². The summed E-state index contributed by atoms with van der Waals surface area (Å²) in [7, 11) is 2.04. The molecule has 1 saturated carbocycles. The molecule has 8 heteroatoms. The third-order valence-corrected chi connectivity index (χ3v) is 6.63. The Hall–Kier alpha value is -2.45. The number of nitrogens with zero attached hydrogens (tertiary/aromatic N) is 4. The Labute approximate surface area is 167 Å². The van der Waals surface area contributed by atoms with Gasteiger partial charge in [-0.1, -0.05) is 23.4 Å². The predicted octanol–water partition coefficient (Wildman–Crippen LogP) is 3.36. The Morgan fingerprint density at radius 1 is 1.32 bits per heavy atom. The van der Waals surface area contributed by atoms with E-state index >= 15 is 0 Å². The molecule has 28 heavy (non-hydrogen) atoms. The van der Waals surface area contributed by atoms with Crippen LogP contribution in [0.15, 0.2) is 34.9 Å². The van der Waals surface area contributed by atoms with Gasteiger partial charge in [0.25, 0.3) is 0 Å². The van der Waals surface area contributed by atoms with Crippen LogP contribution in [-0.2, 0) is 6.54 Å². The average molecular weight is 398 g/mol. The van der Waals surface area contributed by atoms with Gasteiger partial charge >= 0.3 is 6.03 Å². The normalized spacial score (nSPS) is 20.6. The minimum atomic E-state index is -0.0520. The monoisotopic (exact) mass is 397 g/mol. The molecule has 146 valence electrons. The van der Waals surface area contributed by atoms with E-state index in [0.717, 1.165) is 30.1 Å². The number of nitrogens with one attached hydrogen (secondary N) is 1. The Morgan fingerprint density at radius 3 is 3.00 bits per heavy atom. The van der Waals surface area contributed by atoms with E-state index in [1.54, 1.807) is 11.3 Å². The van der Waals surface area contributed by atoms with Crippen molar-refractivity contribution in [3.05, 3.63) is 46.9 Å². The molecule has 1 unspecified atom stereocenters. The lowest BCUT2D eigenvalue weighted by atomic mass is 10.2. The van der Waals surface area contributed by atoms with Crippen LogP contribution in [0, 0.1) is 0 Å². The number of fused-ring (bicyclic) bond motifs is 1. The van der Waals surface area contributed by atoms with Crippen LogP contribution >= 0.6 is 11.3 Å². The van der Waals surface area contributed by atoms with Crippen molar-refractivity contribution in [3.8, 4) is 0 Å². The van der Waals surface area contributed by atoms with E-state index < -0.39 is 0 Å². The van der Waals surface area contributed by atoms with E-state index in [0.29, 0.717) is 31.4 Å². The second kappa shape index (κ2) is 7.18. The van der Waals surface area contributed by atoms with Gasteiger partial charge in [-0.15, -0.1) is 11.3 Å². The molecular weight excluding hydrogens is 374 g/mol. The van der Waals surface area contributed by atoms with Crippen molar-refractivity contribution in [1.29, 1.82) is 0 Å². The number of hydrogen-bond donors (Lipinski definition) is 1. The van der Waals surface area contributed by atoms with Gasteiger partial charge in [0.2, 0.25) is 5.89 Å². The van der Waals surface area contributed by atoms with Gasteiger partial charge in [0.05, 0.1) is 6.54 Å². The number of carbonyl (C=O) groups excluding carboxylic acids is 1. The van der Waals surface area contributed by atoms with E-state index in [2.05, 4.69) is 38.6 Å². The van der Waals surface area contributed by atoms with E-state index in [1.165, 1.54) is 10.1 Å². The van der Waals surface area contributed by atoms with Crippen LogP contribution < -0.4 is 5.32 Å². The summed E-state index contributed by atoms with van der Waals surface area (Å²) < 4.78 is 6.75. The standard InChI is InChI=1S/C20H23N5O2S/c1-24-8-9-25(12-16(24)19-22-18(23-27-19)13-6-7-13)20(26)21-11-15-10-14-4-2-3-5-17(14)28-15/h2-5,10,13,16H,6-9,11-12H2,1H3,(H,21,26). The molecule has 3 aromatic rings. The van der Waals surface area contributed by atoms with Gasteiger partial charge in [-0.05, 0) is 37.4 Å². The maximum Gasteiger partial charge on any atom is 0.317 e. The zero-order valence-corrected chi connectivity index (χ0v) is 16.6. The van der Waals surface area contributed by atoms with E-state index in [-0.39, 0.29) is 12.1 Å². The van der Waals surface area contributed by atoms with Crippen molar-refractivity contribution < 1.29 is 9.32 Å². The molecule has 1 aliphatic carbocycles. The molecular formula is C20H23N5O2S. The maximum atomic E-state index is 12.7. The molecule has 5 rings (SSSR count). The Balaban J connectivity index is 1.22. The zero-order chi connectivity index (χ0) is 19.1. The summed E-state index contributed by atoms with van der Waals surface area (Å²) in [6, 6.07) is 10.3. The number of aromatic nitrogens is 2. The molecule has 2 aliphatic rings. The first-order chi connectivity index (χ1) is 13.7. The van der Waals surface area contributed by atoms with Crippen molar-refractivity contribution in [2.45, 2.75) is 31.3 Å². The summed E-state index contributed by atoms with van der Waals surface area (Å²) in [5.74, 6) is 1.90. The van der Waals surface area contributed by atoms with Crippen molar-refractivity contribution in [2.75, 3.05) is 26.7 Å². The maximum absolute atomic E-state index is 12.7. The van der Waals surface area contributed by atoms with Crippen LogP contribution in [0.5, 0.6) is 0 Å². The Kier molecular flexibility index (Phi) is 4.52. The summed E-state index contributed by atoms with van der Waals surface area (Å²) in [4.78, 5) is 22.5. The highest BCUT2D eigenvalue weighted by Gasteiger charge is 2.35. The molecule has 3 heterocycles. The van der Waals surface area contributed by atoms with Gasteiger partial charge in [-0.2, -0.15) is 4.98 Å². The molecule has 1 atom stereocenters. The van der Waals surface area contributed by atoms with Crippen molar-refractivity contribution >= 4 is 27.5 Å². The average Bonchev–Trinajstić information content (AvgIpc) is 3.29. The number of piperazine rings is 1. The highest BCUT2D eigenvalue weighted by atomic mass is 32.1. The van der Waals surface area contributed by atoms with E-state index in [4.69, 9.17) is 4.52 Å². The molecule has 1 aliphatic heterocycles. The number of benzene rings is 1. The molecule has 0 spiro atoms. The first kappa shape index (κ1) is 17.6. The molecule has 2 fully saturated rings. The first-order valence-corrected chi connectivity index (χ1v) is 10.5. The lowest BCUT2D eigenvalue weighted by Crippen LogP contribution is -2.51. The topological polar surface area (TPSA) is 74.5 Å². The van der Waals surface area contributed by atoms with Gasteiger partial charge in [0.15, 0.2) is 5.82 Å². The largest absolute Gasteiger partial charge is 0.338 e. The van der Waals surface area contributed by atoms with Crippen LogP contribution in [0.1, 0.15) is 41.4 Å². The van der Waals surface area contributed by atoms with Crippen LogP contribution in [0.3, 0.4) is 0 Å². The summed E-state index contributed by atoms with van der Waals surface area (Å²) in [5.41, 5.74) is 0.